The van der Waals surface area contributed by atoms with Crippen molar-refractivity contribution >= 4 is 33.4 Å². The summed E-state index contributed by atoms with van der Waals surface area (Å²) in [5, 5.41) is 56.5. The number of cyclic esters (lactones) is 1. The summed E-state index contributed by atoms with van der Waals surface area (Å²) in [5.74, 6) is -5.41. The van der Waals surface area contributed by atoms with Crippen molar-refractivity contribution in [2.75, 3.05) is 13.2 Å². The number of rotatable bonds is 25. The zero-order chi connectivity index (χ0) is 52.5. The number of phosphoric acid groups is 2. The standard InChI is InChI=1S/C51H80O18P2/c1-3-5-7-8-9-10-11-12-13-14-15-16-17-18-19-20-21-22-27-31-44(54)65-37-41-38-66-71(63,64)69-51-49(59)48(58)46(56)39(29-26-23-24-28-32-45(55)67-41)33-36-43(53)42(35-34-40(52)30-25-6-4-2)47(57)50(51)68-70(60,61)62/h9-10,12-13,15-16,18-19,21-23,26,33-36,39-42,46-52,56-59H,3-8,11,14,17,20,24-25,27-32,37-38H2,1-2H3,(H,63,64)(H2,60,61,62)/b10-9-,13-12-,16-15-,19-18-,22-21-,26-23-,35-34+,36-33-/t39-,40-,41+,42-,46+,47+,48-,49+,50+,51-/m0/s1. The van der Waals surface area contributed by atoms with E-state index in [9.17, 15) is 63.7 Å². The number of ether oxygens (including phenoxy) is 2. The molecule has 1 aliphatic heterocycles. The molecule has 11 atom stereocenters. The molecule has 0 aromatic heterocycles. The number of phosphoric ester groups is 2. The largest absolute Gasteiger partial charge is 0.472 e. The van der Waals surface area contributed by atoms with Gasteiger partial charge in [-0.05, 0) is 76.7 Å². The van der Waals surface area contributed by atoms with Crippen molar-refractivity contribution in [3.8, 4) is 0 Å². The predicted octanol–water partition coefficient (Wildman–Crippen LogP) is 7.57. The summed E-state index contributed by atoms with van der Waals surface area (Å²) in [7, 11) is -11.4. The van der Waals surface area contributed by atoms with Gasteiger partial charge in [0, 0.05) is 18.8 Å². The van der Waals surface area contributed by atoms with Gasteiger partial charge >= 0.3 is 27.6 Å². The molecule has 0 amide bonds. The molecule has 71 heavy (non-hydrogen) atoms. The Morgan fingerprint density at radius 2 is 1.44 bits per heavy atom. The van der Waals surface area contributed by atoms with Gasteiger partial charge in [-0.2, -0.15) is 0 Å². The van der Waals surface area contributed by atoms with Crippen molar-refractivity contribution in [3.63, 3.8) is 0 Å². The summed E-state index contributed by atoms with van der Waals surface area (Å²) in [6.45, 7) is 2.51. The van der Waals surface area contributed by atoms with Gasteiger partial charge < -0.3 is 49.7 Å². The first-order valence-corrected chi connectivity index (χ1v) is 27.9. The van der Waals surface area contributed by atoms with Crippen LogP contribution < -0.4 is 0 Å². The number of allylic oxidation sites excluding steroid dienone is 13. The summed E-state index contributed by atoms with van der Waals surface area (Å²) in [4.78, 5) is 70.3. The Bertz CT molecular complexity index is 1880. The molecule has 0 saturated heterocycles. The van der Waals surface area contributed by atoms with Crippen LogP contribution in [0.2, 0.25) is 0 Å². The van der Waals surface area contributed by atoms with Gasteiger partial charge in [-0.25, -0.2) is 9.13 Å². The molecule has 2 rings (SSSR count). The van der Waals surface area contributed by atoms with Crippen LogP contribution in [0.1, 0.15) is 129 Å². The topological polar surface area (TPSA) is 293 Å². The van der Waals surface area contributed by atoms with E-state index in [-0.39, 0.29) is 32.1 Å². The molecule has 2 aliphatic rings. The van der Waals surface area contributed by atoms with Crippen LogP contribution in [-0.4, -0.2) is 120 Å². The quantitative estimate of drug-likeness (QED) is 0.0189. The number of esters is 2. The minimum Gasteiger partial charge on any atom is -0.462 e. The van der Waals surface area contributed by atoms with E-state index in [4.69, 9.17) is 23.0 Å². The van der Waals surface area contributed by atoms with Crippen molar-refractivity contribution in [1.29, 1.82) is 0 Å². The lowest BCUT2D eigenvalue weighted by Crippen LogP contribution is -2.56. The molecule has 0 saturated carbocycles. The lowest BCUT2D eigenvalue weighted by molar-refractivity contribution is -0.163. The zero-order valence-corrected chi connectivity index (χ0v) is 43.0. The van der Waals surface area contributed by atoms with Crippen LogP contribution in [0.3, 0.4) is 0 Å². The van der Waals surface area contributed by atoms with Crippen LogP contribution in [-0.2, 0) is 46.6 Å². The van der Waals surface area contributed by atoms with E-state index < -0.39 is 107 Å². The fraction of sp³-hybridized carbons (Fsp3) is 0.627. The van der Waals surface area contributed by atoms with Crippen molar-refractivity contribution in [2.24, 2.45) is 11.8 Å². The monoisotopic (exact) mass is 1040 g/mol. The summed E-state index contributed by atoms with van der Waals surface area (Å²) in [6.07, 6.45) is 22.0. The predicted molar refractivity (Wildman–Crippen MR) is 268 cm³/mol. The van der Waals surface area contributed by atoms with E-state index in [1.54, 1.807) is 18.2 Å². The highest BCUT2D eigenvalue weighted by atomic mass is 31.2. The van der Waals surface area contributed by atoms with Crippen LogP contribution in [0.15, 0.2) is 97.2 Å². The fourth-order valence-electron chi connectivity index (χ4n) is 7.38. The summed E-state index contributed by atoms with van der Waals surface area (Å²) in [5.41, 5.74) is 0. The van der Waals surface area contributed by atoms with Gasteiger partial charge in [0.05, 0.1) is 30.8 Å². The highest BCUT2D eigenvalue weighted by molar-refractivity contribution is 7.47. The Hall–Kier alpha value is -3.45. The van der Waals surface area contributed by atoms with E-state index in [1.165, 1.54) is 31.4 Å². The van der Waals surface area contributed by atoms with Gasteiger partial charge in [0.25, 0.3) is 0 Å². The normalized spacial score (nSPS) is 29.6. The fourth-order valence-corrected chi connectivity index (χ4v) is 8.91. The van der Waals surface area contributed by atoms with Crippen molar-refractivity contribution < 1.29 is 86.8 Å². The molecule has 0 aromatic rings. The molecular weight excluding hydrogens is 962 g/mol. The first kappa shape index (κ1) is 63.7. The summed E-state index contributed by atoms with van der Waals surface area (Å²) >= 11 is 0. The minimum absolute atomic E-state index is 0.0650. The molecule has 402 valence electrons. The molecular formula is C51H80O18P2. The number of carbonyl (C=O) groups is 3. The molecule has 2 bridgehead atoms. The average molecular weight is 1040 g/mol. The van der Waals surface area contributed by atoms with Crippen LogP contribution in [0.5, 0.6) is 0 Å². The van der Waals surface area contributed by atoms with Gasteiger partial charge in [-0.1, -0.05) is 137 Å². The van der Waals surface area contributed by atoms with Gasteiger partial charge in [0.15, 0.2) is 11.9 Å². The first-order valence-electron chi connectivity index (χ1n) is 24.8. The van der Waals surface area contributed by atoms with Gasteiger partial charge in [-0.15, -0.1) is 0 Å². The van der Waals surface area contributed by atoms with Crippen LogP contribution in [0.25, 0.3) is 0 Å². The number of unbranched alkanes of at least 4 members (excludes halogenated alkanes) is 5. The smallest absolute Gasteiger partial charge is 0.462 e. The Morgan fingerprint density at radius 3 is 2.06 bits per heavy atom. The second-order valence-electron chi connectivity index (χ2n) is 17.5. The van der Waals surface area contributed by atoms with E-state index in [0.717, 1.165) is 50.7 Å². The third kappa shape index (κ3) is 28.6. The molecule has 18 nitrogen and oxygen atoms in total. The Kier molecular flexibility index (Phi) is 32.7. The first-order chi connectivity index (χ1) is 33.9. The number of hydrogen-bond acceptors (Lipinski definition) is 15. The van der Waals surface area contributed by atoms with Gasteiger partial charge in [-0.3, -0.25) is 28.0 Å². The summed E-state index contributed by atoms with van der Waals surface area (Å²) in [6, 6.07) is 0. The number of aliphatic hydroxyl groups is 5. The van der Waals surface area contributed by atoms with Crippen molar-refractivity contribution in [2.45, 2.75) is 178 Å². The number of hydrogen-bond donors (Lipinski definition) is 8. The number of aliphatic hydroxyl groups excluding tert-OH is 5. The molecule has 20 heteroatoms. The maximum Gasteiger partial charge on any atom is 0.472 e. The third-order valence-corrected chi connectivity index (χ3v) is 12.9. The molecule has 1 unspecified atom stereocenters. The van der Waals surface area contributed by atoms with E-state index >= 15 is 0 Å². The number of carbonyl (C=O) groups excluding carboxylic acids is 3. The van der Waals surface area contributed by atoms with E-state index in [2.05, 4.69) is 43.4 Å². The van der Waals surface area contributed by atoms with Crippen molar-refractivity contribution in [3.05, 3.63) is 97.2 Å². The van der Waals surface area contributed by atoms with Crippen molar-refractivity contribution in [1.82, 2.24) is 0 Å². The number of ketones is 1. The maximum absolute atomic E-state index is 13.8. The van der Waals surface area contributed by atoms with Gasteiger partial charge in [0.2, 0.25) is 0 Å². The van der Waals surface area contributed by atoms with E-state index in [1.807, 2.05) is 25.2 Å². The highest BCUT2D eigenvalue weighted by Crippen LogP contribution is 2.49. The molecule has 0 radical (unpaired) electrons. The molecule has 8 N–H and O–H groups in total. The zero-order valence-electron chi connectivity index (χ0n) is 41.2. The second kappa shape index (κ2) is 36.5. The average Bonchev–Trinajstić information content (AvgIpc) is 3.32. The Balaban J connectivity index is 2.23. The summed E-state index contributed by atoms with van der Waals surface area (Å²) < 4.78 is 52.0. The second-order valence-corrected chi connectivity index (χ2v) is 20.1. The molecule has 0 fully saturated rings. The molecule has 1 heterocycles. The minimum atomic E-state index is -5.76. The molecule has 0 aromatic carbocycles. The Morgan fingerprint density at radius 1 is 0.831 bits per heavy atom. The van der Waals surface area contributed by atoms with Crippen LogP contribution in [0, 0.1) is 11.8 Å². The Labute approximate surface area is 419 Å². The van der Waals surface area contributed by atoms with E-state index in [0.29, 0.717) is 25.7 Å². The SMILES string of the molecule is CCCCC/C=C\C/C=C\C/C=C\C/C=C\C/C=C\CCC(=O)OC[C@@H]1COP(=O)(O)O[C@H]2[C@H](O)[C@@H](O)[C@H](O)[C@H](/C=C\C(=O)[C@H](/C=C/[C@@H](O)CCCCC)[C@@H](O)[C@H]2OP(=O)(O)O)C/C=C\CCCC(=O)O1. The number of fused-ring (bicyclic) bond motifs is 4. The molecule has 0 spiro atoms. The highest BCUT2D eigenvalue weighted by Gasteiger charge is 2.50. The van der Waals surface area contributed by atoms with Crippen LogP contribution >= 0.6 is 15.6 Å². The van der Waals surface area contributed by atoms with Gasteiger partial charge in [0.1, 0.15) is 31.0 Å². The lowest BCUT2D eigenvalue weighted by Gasteiger charge is -2.38. The third-order valence-electron chi connectivity index (χ3n) is 11.4. The lowest BCUT2D eigenvalue weighted by atomic mass is 9.87. The molecule has 1 aliphatic carbocycles. The maximum atomic E-state index is 13.8. The van der Waals surface area contributed by atoms with Crippen LogP contribution in [0.4, 0.5) is 0 Å².